The van der Waals surface area contributed by atoms with Crippen LogP contribution < -0.4 is 4.74 Å². The second kappa shape index (κ2) is 4.03. The van der Waals surface area contributed by atoms with Gasteiger partial charge in [0, 0.05) is 10.6 Å². The van der Waals surface area contributed by atoms with E-state index in [-0.39, 0.29) is 0 Å². The van der Waals surface area contributed by atoms with Crippen molar-refractivity contribution in [2.45, 2.75) is 31.3 Å². The van der Waals surface area contributed by atoms with Gasteiger partial charge in [-0.15, -0.1) is 0 Å². The maximum atomic E-state index is 10.5. The van der Waals surface area contributed by atoms with E-state index >= 15 is 0 Å². The van der Waals surface area contributed by atoms with Crippen LogP contribution in [0.1, 0.15) is 31.2 Å². The second-order valence-corrected chi connectivity index (χ2v) is 4.52. The molecule has 0 radical (unpaired) electrons. The van der Waals surface area contributed by atoms with Crippen molar-refractivity contribution in [1.82, 2.24) is 0 Å². The van der Waals surface area contributed by atoms with Crippen molar-refractivity contribution < 1.29 is 9.84 Å². The number of benzene rings is 1. The molecule has 0 spiro atoms. The molecule has 0 atom stereocenters. The number of methoxy groups -OCH3 is 1. The molecule has 0 heterocycles. The lowest BCUT2D eigenvalue weighted by Gasteiger charge is -2.25. The molecular formula is C12H15ClO2. The maximum Gasteiger partial charge on any atom is 0.125 e. The van der Waals surface area contributed by atoms with Crippen LogP contribution in [-0.4, -0.2) is 12.2 Å². The minimum atomic E-state index is -0.740. The molecule has 1 fully saturated rings. The maximum absolute atomic E-state index is 10.5. The first-order valence-corrected chi connectivity index (χ1v) is 5.60. The van der Waals surface area contributed by atoms with Crippen LogP contribution in [-0.2, 0) is 5.60 Å². The lowest BCUT2D eigenvalue weighted by molar-refractivity contribution is 0.0419. The normalized spacial score (nSPS) is 19.1. The van der Waals surface area contributed by atoms with E-state index in [0.29, 0.717) is 5.02 Å². The third-order valence-corrected chi connectivity index (χ3v) is 3.33. The average Bonchev–Trinajstić information content (AvgIpc) is 2.66. The molecule has 0 aromatic heterocycles. The van der Waals surface area contributed by atoms with Crippen molar-refractivity contribution in [2.75, 3.05) is 7.11 Å². The fourth-order valence-corrected chi connectivity index (χ4v) is 2.45. The summed E-state index contributed by atoms with van der Waals surface area (Å²) >= 11 is 5.95. The molecule has 1 N–H and O–H groups in total. The highest BCUT2D eigenvalue weighted by molar-refractivity contribution is 6.30. The second-order valence-electron chi connectivity index (χ2n) is 4.08. The Bertz CT molecular complexity index is 357. The first kappa shape index (κ1) is 10.8. The SMILES string of the molecule is COc1ccc(Cl)cc1C1(O)CCCC1. The summed E-state index contributed by atoms with van der Waals surface area (Å²) in [6.45, 7) is 0. The standard InChI is InChI=1S/C12H15ClO2/c1-15-11-5-4-9(13)8-10(11)12(14)6-2-3-7-12/h4-5,8,14H,2-3,6-7H2,1H3. The molecule has 0 unspecified atom stereocenters. The van der Waals surface area contributed by atoms with Crippen LogP contribution in [0.5, 0.6) is 5.75 Å². The molecule has 3 heteroatoms. The van der Waals surface area contributed by atoms with Crippen molar-refractivity contribution in [3.05, 3.63) is 28.8 Å². The quantitative estimate of drug-likeness (QED) is 0.840. The van der Waals surface area contributed by atoms with Gasteiger partial charge in [-0.3, -0.25) is 0 Å². The van der Waals surface area contributed by atoms with E-state index in [9.17, 15) is 5.11 Å². The van der Waals surface area contributed by atoms with Crippen LogP contribution in [0.3, 0.4) is 0 Å². The van der Waals surface area contributed by atoms with Crippen molar-refractivity contribution in [1.29, 1.82) is 0 Å². The molecule has 15 heavy (non-hydrogen) atoms. The largest absolute Gasteiger partial charge is 0.496 e. The van der Waals surface area contributed by atoms with Crippen LogP contribution in [0, 0.1) is 0 Å². The smallest absolute Gasteiger partial charge is 0.125 e. The van der Waals surface area contributed by atoms with E-state index in [1.165, 1.54) is 0 Å². The van der Waals surface area contributed by atoms with Crippen molar-refractivity contribution in [2.24, 2.45) is 0 Å². The number of aliphatic hydroxyl groups is 1. The number of hydrogen-bond donors (Lipinski definition) is 1. The fourth-order valence-electron chi connectivity index (χ4n) is 2.27. The third-order valence-electron chi connectivity index (χ3n) is 3.09. The van der Waals surface area contributed by atoms with Crippen molar-refractivity contribution in [3.8, 4) is 5.75 Å². The van der Waals surface area contributed by atoms with Crippen LogP contribution in [0.2, 0.25) is 5.02 Å². The number of ether oxygens (including phenoxy) is 1. The Morgan fingerprint density at radius 1 is 1.33 bits per heavy atom. The van der Waals surface area contributed by atoms with E-state index in [1.54, 1.807) is 13.2 Å². The third kappa shape index (κ3) is 1.97. The minimum Gasteiger partial charge on any atom is -0.496 e. The summed E-state index contributed by atoms with van der Waals surface area (Å²) in [5, 5.41) is 11.1. The molecule has 1 aliphatic carbocycles. The Morgan fingerprint density at radius 2 is 2.00 bits per heavy atom. The van der Waals surface area contributed by atoms with Gasteiger partial charge in [-0.05, 0) is 31.0 Å². The highest BCUT2D eigenvalue weighted by Crippen LogP contribution is 2.43. The van der Waals surface area contributed by atoms with Crippen LogP contribution in [0.25, 0.3) is 0 Å². The summed E-state index contributed by atoms with van der Waals surface area (Å²) in [7, 11) is 1.62. The molecule has 1 saturated carbocycles. The number of halogens is 1. The van der Waals surface area contributed by atoms with Crippen molar-refractivity contribution in [3.63, 3.8) is 0 Å². The van der Waals surface area contributed by atoms with E-state index in [2.05, 4.69) is 0 Å². The molecule has 0 bridgehead atoms. The zero-order valence-electron chi connectivity index (χ0n) is 8.79. The van der Waals surface area contributed by atoms with Gasteiger partial charge in [0.1, 0.15) is 5.75 Å². The average molecular weight is 227 g/mol. The molecule has 82 valence electrons. The summed E-state index contributed by atoms with van der Waals surface area (Å²) < 4.78 is 5.26. The van der Waals surface area contributed by atoms with Gasteiger partial charge in [0.05, 0.1) is 12.7 Å². The number of hydrogen-bond acceptors (Lipinski definition) is 2. The first-order chi connectivity index (χ1) is 7.15. The van der Waals surface area contributed by atoms with Gasteiger partial charge < -0.3 is 9.84 Å². The highest BCUT2D eigenvalue weighted by atomic mass is 35.5. The molecule has 1 aromatic rings. The Hall–Kier alpha value is -0.730. The van der Waals surface area contributed by atoms with E-state index in [1.807, 2.05) is 12.1 Å². The van der Waals surface area contributed by atoms with Crippen molar-refractivity contribution >= 4 is 11.6 Å². The number of rotatable bonds is 2. The minimum absolute atomic E-state index is 0.645. The van der Waals surface area contributed by atoms with Gasteiger partial charge in [-0.25, -0.2) is 0 Å². The summed E-state index contributed by atoms with van der Waals surface area (Å²) in [5.74, 6) is 0.726. The van der Waals surface area contributed by atoms with Crippen LogP contribution >= 0.6 is 11.6 Å². The topological polar surface area (TPSA) is 29.5 Å². The molecule has 2 nitrogen and oxygen atoms in total. The van der Waals surface area contributed by atoms with Crippen LogP contribution in [0.4, 0.5) is 0 Å². The monoisotopic (exact) mass is 226 g/mol. The van der Waals surface area contributed by atoms with Gasteiger partial charge >= 0.3 is 0 Å². The summed E-state index contributed by atoms with van der Waals surface area (Å²) in [4.78, 5) is 0. The molecule has 2 rings (SSSR count). The van der Waals surface area contributed by atoms with Crippen LogP contribution in [0.15, 0.2) is 18.2 Å². The molecule has 1 aliphatic rings. The molecule has 0 amide bonds. The Kier molecular flexibility index (Phi) is 2.89. The van der Waals surface area contributed by atoms with Gasteiger partial charge in [0.15, 0.2) is 0 Å². The van der Waals surface area contributed by atoms with Gasteiger partial charge in [-0.2, -0.15) is 0 Å². The van der Waals surface area contributed by atoms with Gasteiger partial charge in [-0.1, -0.05) is 24.4 Å². The summed E-state index contributed by atoms with van der Waals surface area (Å²) in [6, 6.07) is 5.40. The zero-order chi connectivity index (χ0) is 10.9. The fraction of sp³-hybridized carbons (Fsp3) is 0.500. The Balaban J connectivity index is 2.44. The van der Waals surface area contributed by atoms with E-state index < -0.39 is 5.60 Å². The molecule has 1 aromatic carbocycles. The predicted octanol–water partition coefficient (Wildman–Crippen LogP) is 3.11. The lowest BCUT2D eigenvalue weighted by atomic mass is 9.91. The van der Waals surface area contributed by atoms with Gasteiger partial charge in [0.25, 0.3) is 0 Å². The summed E-state index contributed by atoms with van der Waals surface area (Å²) in [5.41, 5.74) is 0.0889. The van der Waals surface area contributed by atoms with Gasteiger partial charge in [0.2, 0.25) is 0 Å². The lowest BCUT2D eigenvalue weighted by Crippen LogP contribution is -2.21. The van der Waals surface area contributed by atoms with E-state index in [4.69, 9.17) is 16.3 Å². The molecular weight excluding hydrogens is 212 g/mol. The zero-order valence-corrected chi connectivity index (χ0v) is 9.55. The first-order valence-electron chi connectivity index (χ1n) is 5.22. The predicted molar refractivity (Wildman–Crippen MR) is 60.4 cm³/mol. The molecule has 0 saturated heterocycles. The Morgan fingerprint density at radius 3 is 2.60 bits per heavy atom. The Labute approximate surface area is 94.8 Å². The highest BCUT2D eigenvalue weighted by Gasteiger charge is 2.35. The molecule has 0 aliphatic heterocycles. The van der Waals surface area contributed by atoms with E-state index in [0.717, 1.165) is 37.0 Å². The summed E-state index contributed by atoms with van der Waals surface area (Å²) in [6.07, 6.45) is 3.71.